The highest BCUT2D eigenvalue weighted by Crippen LogP contribution is 2.30. The molecule has 2 heterocycles. The quantitative estimate of drug-likeness (QED) is 0.209. The zero-order valence-corrected chi connectivity index (χ0v) is 22.1. The van der Waals surface area contributed by atoms with Crippen LogP contribution in [0.4, 0.5) is 5.69 Å². The second kappa shape index (κ2) is 14.0. The number of nitrogens with one attached hydrogen (secondary N) is 2. The maximum absolute atomic E-state index is 11.7. The van der Waals surface area contributed by atoms with E-state index in [9.17, 15) is 4.79 Å². The van der Waals surface area contributed by atoms with Gasteiger partial charge in [0.25, 0.3) is 0 Å². The summed E-state index contributed by atoms with van der Waals surface area (Å²) in [6, 6.07) is 11.6. The molecule has 3 rings (SSSR count). The number of hydrogen-bond donors (Lipinski definition) is 2. The third kappa shape index (κ3) is 8.13. The summed E-state index contributed by atoms with van der Waals surface area (Å²) in [5, 5.41) is 6.94. The first-order chi connectivity index (χ1) is 15.6. The van der Waals surface area contributed by atoms with Crippen molar-refractivity contribution in [2.45, 2.75) is 38.3 Å². The SMILES string of the molecule is CN=C(NCCCCn1ccccc1=O)NC1CCN(c2cc(OC)cc(OC)c2)CC1.I. The van der Waals surface area contributed by atoms with Crippen LogP contribution in [0.25, 0.3) is 0 Å². The molecule has 2 aromatic rings. The first-order valence-corrected chi connectivity index (χ1v) is 11.2. The molecule has 0 unspecified atom stereocenters. The van der Waals surface area contributed by atoms with Gasteiger partial charge in [0.1, 0.15) is 11.5 Å². The molecule has 0 aliphatic carbocycles. The number of aliphatic imine (C=N–C) groups is 1. The van der Waals surface area contributed by atoms with Gasteiger partial charge in [0.15, 0.2) is 5.96 Å². The molecule has 0 amide bonds. The van der Waals surface area contributed by atoms with Gasteiger partial charge >= 0.3 is 0 Å². The van der Waals surface area contributed by atoms with Crippen LogP contribution in [0.15, 0.2) is 52.4 Å². The van der Waals surface area contributed by atoms with Gasteiger partial charge in [0, 0.05) is 75.4 Å². The maximum Gasteiger partial charge on any atom is 0.250 e. The van der Waals surface area contributed by atoms with E-state index in [1.807, 2.05) is 18.3 Å². The van der Waals surface area contributed by atoms with Crippen molar-refractivity contribution in [1.82, 2.24) is 15.2 Å². The molecule has 8 nitrogen and oxygen atoms in total. The van der Waals surface area contributed by atoms with E-state index in [2.05, 4.69) is 32.7 Å². The standard InChI is InChI=1S/C24H35N5O3.HI/c1-25-24(26-11-5-7-13-29-12-6-4-8-23(29)30)27-19-9-14-28(15-10-19)20-16-21(31-2)18-22(17-20)32-3;/h4,6,8,12,16-19H,5,7,9-11,13-15H2,1-3H3,(H2,25,26,27);1H. The van der Waals surface area contributed by atoms with E-state index in [0.29, 0.717) is 6.04 Å². The van der Waals surface area contributed by atoms with E-state index in [0.717, 1.165) is 75.0 Å². The molecule has 0 saturated carbocycles. The maximum atomic E-state index is 11.7. The molecule has 9 heteroatoms. The van der Waals surface area contributed by atoms with E-state index >= 15 is 0 Å². The van der Waals surface area contributed by atoms with Gasteiger partial charge in [-0.05, 0) is 31.7 Å². The largest absolute Gasteiger partial charge is 0.497 e. The van der Waals surface area contributed by atoms with Crippen LogP contribution < -0.4 is 30.6 Å². The lowest BCUT2D eigenvalue weighted by molar-refractivity contribution is 0.393. The number of hydrogen-bond acceptors (Lipinski definition) is 5. The summed E-state index contributed by atoms with van der Waals surface area (Å²) in [5.74, 6) is 2.45. The second-order valence-electron chi connectivity index (χ2n) is 7.91. The third-order valence-electron chi connectivity index (χ3n) is 5.78. The molecule has 0 bridgehead atoms. The summed E-state index contributed by atoms with van der Waals surface area (Å²) in [5.41, 5.74) is 1.18. The highest BCUT2D eigenvalue weighted by Gasteiger charge is 2.21. The molecule has 33 heavy (non-hydrogen) atoms. The Morgan fingerprint density at radius 3 is 2.39 bits per heavy atom. The molecular weight excluding hydrogens is 533 g/mol. The van der Waals surface area contributed by atoms with Gasteiger partial charge in [0.05, 0.1) is 14.2 Å². The molecule has 1 aliphatic rings. The fourth-order valence-corrected chi connectivity index (χ4v) is 3.90. The van der Waals surface area contributed by atoms with Crippen LogP contribution in [0.1, 0.15) is 25.7 Å². The molecule has 1 aromatic carbocycles. The highest BCUT2D eigenvalue weighted by atomic mass is 127. The number of halogens is 1. The van der Waals surface area contributed by atoms with E-state index in [1.165, 1.54) is 0 Å². The highest BCUT2D eigenvalue weighted by molar-refractivity contribution is 14.0. The lowest BCUT2D eigenvalue weighted by Gasteiger charge is -2.34. The van der Waals surface area contributed by atoms with E-state index in [-0.39, 0.29) is 29.5 Å². The summed E-state index contributed by atoms with van der Waals surface area (Å²) >= 11 is 0. The number of guanidine groups is 1. The second-order valence-corrected chi connectivity index (χ2v) is 7.91. The third-order valence-corrected chi connectivity index (χ3v) is 5.78. The molecule has 1 aliphatic heterocycles. The first kappa shape index (κ1) is 26.8. The van der Waals surface area contributed by atoms with E-state index in [1.54, 1.807) is 38.0 Å². The van der Waals surface area contributed by atoms with Gasteiger partial charge in [-0.15, -0.1) is 24.0 Å². The Morgan fingerprint density at radius 1 is 1.09 bits per heavy atom. The summed E-state index contributed by atoms with van der Waals surface area (Å²) in [6.07, 6.45) is 5.80. The minimum atomic E-state index is 0. The average Bonchev–Trinajstić information content (AvgIpc) is 2.84. The van der Waals surface area contributed by atoms with Crippen LogP contribution in [0, 0.1) is 0 Å². The summed E-state index contributed by atoms with van der Waals surface area (Å²) in [7, 11) is 5.15. The molecule has 0 radical (unpaired) electrons. The van der Waals surface area contributed by atoms with Crippen LogP contribution in [0.3, 0.4) is 0 Å². The number of aryl methyl sites for hydroxylation is 1. The summed E-state index contributed by atoms with van der Waals surface area (Å²) in [4.78, 5) is 18.5. The van der Waals surface area contributed by atoms with Crippen molar-refractivity contribution in [3.63, 3.8) is 0 Å². The zero-order valence-electron chi connectivity index (χ0n) is 19.8. The average molecular weight is 569 g/mol. The Morgan fingerprint density at radius 2 is 1.79 bits per heavy atom. The fraction of sp³-hybridized carbons (Fsp3) is 0.500. The number of nitrogens with zero attached hydrogens (tertiary/aromatic N) is 3. The number of piperidine rings is 1. The Balaban J connectivity index is 0.00000385. The molecule has 182 valence electrons. The molecule has 2 N–H and O–H groups in total. The van der Waals surface area contributed by atoms with Gasteiger partial charge < -0.3 is 29.6 Å². The number of benzene rings is 1. The monoisotopic (exact) mass is 569 g/mol. The molecule has 1 aromatic heterocycles. The Bertz CT molecular complexity index is 919. The van der Waals surface area contributed by atoms with Crippen LogP contribution in [-0.2, 0) is 6.54 Å². The predicted molar refractivity (Wildman–Crippen MR) is 145 cm³/mol. The smallest absolute Gasteiger partial charge is 0.250 e. The van der Waals surface area contributed by atoms with Gasteiger partial charge in [0.2, 0.25) is 5.56 Å². The topological polar surface area (TPSA) is 80.1 Å². The number of rotatable bonds is 9. The van der Waals surface area contributed by atoms with Crippen molar-refractivity contribution in [3.8, 4) is 11.5 Å². The Labute approximate surface area is 213 Å². The number of anilines is 1. The Kier molecular flexibility index (Phi) is 11.4. The lowest BCUT2D eigenvalue weighted by Crippen LogP contribution is -2.48. The minimum absolute atomic E-state index is 0. The predicted octanol–water partition coefficient (Wildman–Crippen LogP) is 3.10. The molecule has 1 saturated heterocycles. The van der Waals surface area contributed by atoms with Crippen molar-refractivity contribution in [3.05, 3.63) is 52.9 Å². The summed E-state index contributed by atoms with van der Waals surface area (Å²) in [6.45, 7) is 3.47. The fourth-order valence-electron chi connectivity index (χ4n) is 3.90. The summed E-state index contributed by atoms with van der Waals surface area (Å²) < 4.78 is 12.6. The van der Waals surface area contributed by atoms with Crippen LogP contribution in [0.5, 0.6) is 11.5 Å². The zero-order chi connectivity index (χ0) is 22.8. The van der Waals surface area contributed by atoms with Crippen molar-refractivity contribution in [2.24, 2.45) is 4.99 Å². The first-order valence-electron chi connectivity index (χ1n) is 11.2. The van der Waals surface area contributed by atoms with Crippen molar-refractivity contribution >= 4 is 35.6 Å². The van der Waals surface area contributed by atoms with E-state index < -0.39 is 0 Å². The molecule has 0 spiro atoms. The van der Waals surface area contributed by atoms with Crippen LogP contribution in [0.2, 0.25) is 0 Å². The number of unbranched alkanes of at least 4 members (excludes halogenated alkanes) is 1. The van der Waals surface area contributed by atoms with Gasteiger partial charge in [-0.1, -0.05) is 6.07 Å². The number of pyridine rings is 1. The van der Waals surface area contributed by atoms with Gasteiger partial charge in [-0.2, -0.15) is 0 Å². The van der Waals surface area contributed by atoms with Crippen molar-refractivity contribution in [1.29, 1.82) is 0 Å². The van der Waals surface area contributed by atoms with E-state index in [4.69, 9.17) is 9.47 Å². The number of methoxy groups -OCH3 is 2. The number of ether oxygens (including phenoxy) is 2. The molecule has 0 atom stereocenters. The molecule has 1 fully saturated rings. The van der Waals surface area contributed by atoms with Gasteiger partial charge in [-0.3, -0.25) is 9.79 Å². The lowest BCUT2D eigenvalue weighted by atomic mass is 10.0. The molecular formula is C24H36IN5O3. The Hall–Kier alpha value is -2.43. The van der Waals surface area contributed by atoms with Crippen molar-refractivity contribution < 1.29 is 9.47 Å². The van der Waals surface area contributed by atoms with Crippen LogP contribution >= 0.6 is 24.0 Å². The number of aromatic nitrogens is 1. The van der Waals surface area contributed by atoms with Crippen LogP contribution in [-0.4, -0.2) is 57.5 Å². The van der Waals surface area contributed by atoms with Crippen molar-refractivity contribution in [2.75, 3.05) is 45.8 Å². The normalized spacial score (nSPS) is 14.4. The van der Waals surface area contributed by atoms with Gasteiger partial charge in [-0.25, -0.2) is 0 Å². The minimum Gasteiger partial charge on any atom is -0.497 e.